The molecule has 2 aromatic carbocycles. The van der Waals surface area contributed by atoms with Gasteiger partial charge in [-0.3, -0.25) is 9.88 Å². The molecule has 1 N–H and O–H groups in total. The van der Waals surface area contributed by atoms with Crippen LogP contribution in [-0.4, -0.2) is 45.1 Å². The molecule has 1 saturated heterocycles. The Kier molecular flexibility index (Phi) is 6.41. The van der Waals surface area contributed by atoms with E-state index in [1.165, 1.54) is 12.1 Å². The van der Waals surface area contributed by atoms with Crippen molar-refractivity contribution in [2.45, 2.75) is 32.6 Å². The number of benzene rings is 2. The summed E-state index contributed by atoms with van der Waals surface area (Å²) in [5.74, 6) is 1.08. The van der Waals surface area contributed by atoms with Crippen LogP contribution in [0.1, 0.15) is 19.7 Å². The minimum absolute atomic E-state index is 0.152. The minimum atomic E-state index is -0.286. The average molecular weight is 478 g/mol. The molecule has 0 unspecified atom stereocenters. The molecular formula is C26H25ClFN5O. The summed E-state index contributed by atoms with van der Waals surface area (Å²) in [6.45, 7) is 6.38. The standard InChI is InChI=1S/C26H25ClFN5O/c1-16-13-33(14-17(2)34-16)15-24-31-23-12-18(25-22(27)4-3-11-29-25)5-10-21(23)26(32-24)30-20-8-6-19(28)7-9-20/h3-12,16-17H,13-15H2,1-2H3,(H,30,31,32)/t16-,17-/m1/s1. The van der Waals surface area contributed by atoms with Gasteiger partial charge in [-0.25, -0.2) is 14.4 Å². The van der Waals surface area contributed by atoms with Crippen LogP contribution in [0.25, 0.3) is 22.2 Å². The molecule has 0 radical (unpaired) electrons. The van der Waals surface area contributed by atoms with Gasteiger partial charge in [0.2, 0.25) is 0 Å². The SMILES string of the molecule is C[C@@H]1CN(Cc2nc(Nc3ccc(F)cc3)c3ccc(-c4ncccc4Cl)cc3n2)C[C@@H](C)O1. The van der Waals surface area contributed by atoms with E-state index in [0.29, 0.717) is 28.9 Å². The Hall–Kier alpha value is -3.13. The highest BCUT2D eigenvalue weighted by Crippen LogP contribution is 2.31. The van der Waals surface area contributed by atoms with Gasteiger partial charge in [-0.2, -0.15) is 0 Å². The fraction of sp³-hybridized carbons (Fsp3) is 0.269. The van der Waals surface area contributed by atoms with Crippen LogP contribution in [0.2, 0.25) is 5.02 Å². The molecule has 1 aliphatic heterocycles. The van der Waals surface area contributed by atoms with E-state index in [9.17, 15) is 4.39 Å². The van der Waals surface area contributed by atoms with E-state index >= 15 is 0 Å². The first-order valence-corrected chi connectivity index (χ1v) is 11.6. The zero-order valence-electron chi connectivity index (χ0n) is 19.0. The van der Waals surface area contributed by atoms with E-state index in [1.807, 2.05) is 30.3 Å². The van der Waals surface area contributed by atoms with Crippen molar-refractivity contribution in [1.82, 2.24) is 19.9 Å². The topological polar surface area (TPSA) is 63.2 Å². The van der Waals surface area contributed by atoms with Crippen LogP contribution < -0.4 is 5.32 Å². The summed E-state index contributed by atoms with van der Waals surface area (Å²) in [4.78, 5) is 16.5. The van der Waals surface area contributed by atoms with Crippen LogP contribution in [0, 0.1) is 5.82 Å². The third-order valence-electron chi connectivity index (χ3n) is 5.74. The predicted octanol–water partition coefficient (Wildman–Crippen LogP) is 5.84. The molecule has 2 atom stereocenters. The number of halogens is 2. The molecule has 0 spiro atoms. The second kappa shape index (κ2) is 9.62. The Labute approximate surface area is 202 Å². The predicted molar refractivity (Wildman–Crippen MR) is 133 cm³/mol. The lowest BCUT2D eigenvalue weighted by molar-refractivity contribution is -0.0710. The van der Waals surface area contributed by atoms with Crippen molar-refractivity contribution in [3.05, 3.63) is 77.5 Å². The van der Waals surface area contributed by atoms with Gasteiger partial charge in [-0.05, 0) is 62.4 Å². The summed E-state index contributed by atoms with van der Waals surface area (Å²) in [5, 5.41) is 4.77. The molecule has 6 nitrogen and oxygen atoms in total. The van der Waals surface area contributed by atoms with Gasteiger partial charge in [-0.1, -0.05) is 17.7 Å². The molecular weight excluding hydrogens is 453 g/mol. The zero-order valence-corrected chi connectivity index (χ0v) is 19.8. The summed E-state index contributed by atoms with van der Waals surface area (Å²) in [5.41, 5.74) is 3.11. The summed E-state index contributed by atoms with van der Waals surface area (Å²) >= 11 is 6.39. The minimum Gasteiger partial charge on any atom is -0.373 e. The Morgan fingerprint density at radius 2 is 1.82 bits per heavy atom. The maximum Gasteiger partial charge on any atom is 0.145 e. The summed E-state index contributed by atoms with van der Waals surface area (Å²) in [6, 6.07) is 15.8. The van der Waals surface area contributed by atoms with Crippen molar-refractivity contribution < 1.29 is 9.13 Å². The molecule has 3 heterocycles. The average Bonchev–Trinajstić information content (AvgIpc) is 2.80. The molecule has 5 rings (SSSR count). The molecule has 0 amide bonds. The van der Waals surface area contributed by atoms with Crippen LogP contribution in [0.15, 0.2) is 60.8 Å². The van der Waals surface area contributed by atoms with Crippen molar-refractivity contribution in [2.24, 2.45) is 0 Å². The molecule has 0 saturated carbocycles. The number of fused-ring (bicyclic) bond motifs is 1. The normalized spacial score (nSPS) is 18.8. The van der Waals surface area contributed by atoms with Crippen molar-refractivity contribution in [3.63, 3.8) is 0 Å². The zero-order chi connectivity index (χ0) is 23.7. The molecule has 2 aromatic heterocycles. The van der Waals surface area contributed by atoms with Crippen molar-refractivity contribution in [3.8, 4) is 11.3 Å². The highest BCUT2D eigenvalue weighted by atomic mass is 35.5. The Bertz CT molecular complexity index is 1310. The number of hydrogen-bond acceptors (Lipinski definition) is 6. The van der Waals surface area contributed by atoms with Crippen molar-refractivity contribution in [2.75, 3.05) is 18.4 Å². The van der Waals surface area contributed by atoms with Gasteiger partial charge < -0.3 is 10.1 Å². The first-order chi connectivity index (χ1) is 16.4. The lowest BCUT2D eigenvalue weighted by Crippen LogP contribution is -2.45. The van der Waals surface area contributed by atoms with Crippen LogP contribution in [0.3, 0.4) is 0 Å². The van der Waals surface area contributed by atoms with Crippen LogP contribution in [-0.2, 0) is 11.3 Å². The maximum atomic E-state index is 13.4. The molecule has 1 aliphatic rings. The van der Waals surface area contributed by atoms with Gasteiger partial charge in [0.25, 0.3) is 0 Å². The number of anilines is 2. The number of nitrogens with one attached hydrogen (secondary N) is 1. The van der Waals surface area contributed by atoms with Gasteiger partial charge in [0.1, 0.15) is 17.5 Å². The second-order valence-corrected chi connectivity index (χ2v) is 9.04. The number of rotatable bonds is 5. The Balaban J connectivity index is 1.56. The number of morpholine rings is 1. The van der Waals surface area contributed by atoms with E-state index in [4.69, 9.17) is 26.3 Å². The monoisotopic (exact) mass is 477 g/mol. The lowest BCUT2D eigenvalue weighted by Gasteiger charge is -2.34. The van der Waals surface area contributed by atoms with E-state index in [-0.39, 0.29) is 18.0 Å². The number of nitrogens with zero attached hydrogens (tertiary/aromatic N) is 4. The smallest absolute Gasteiger partial charge is 0.145 e. The maximum absolute atomic E-state index is 13.4. The molecule has 4 aromatic rings. The van der Waals surface area contributed by atoms with E-state index in [1.54, 1.807) is 18.3 Å². The molecule has 34 heavy (non-hydrogen) atoms. The molecule has 1 fully saturated rings. The summed E-state index contributed by atoms with van der Waals surface area (Å²) < 4.78 is 19.3. The summed E-state index contributed by atoms with van der Waals surface area (Å²) in [7, 11) is 0. The number of pyridine rings is 1. The highest BCUT2D eigenvalue weighted by molar-refractivity contribution is 6.33. The Morgan fingerprint density at radius 1 is 1.06 bits per heavy atom. The number of aromatic nitrogens is 3. The number of hydrogen-bond donors (Lipinski definition) is 1. The number of ether oxygens (including phenoxy) is 1. The first-order valence-electron chi connectivity index (χ1n) is 11.3. The van der Waals surface area contributed by atoms with Crippen molar-refractivity contribution in [1.29, 1.82) is 0 Å². The van der Waals surface area contributed by atoms with Gasteiger partial charge in [-0.15, -0.1) is 0 Å². The molecule has 0 bridgehead atoms. The third kappa shape index (κ3) is 5.01. The largest absolute Gasteiger partial charge is 0.373 e. The van der Waals surface area contributed by atoms with Crippen LogP contribution in [0.4, 0.5) is 15.9 Å². The van der Waals surface area contributed by atoms with Gasteiger partial charge >= 0.3 is 0 Å². The Morgan fingerprint density at radius 3 is 2.56 bits per heavy atom. The van der Waals surface area contributed by atoms with E-state index in [0.717, 1.165) is 35.2 Å². The fourth-order valence-electron chi connectivity index (χ4n) is 4.37. The molecule has 0 aliphatic carbocycles. The first kappa shape index (κ1) is 22.7. The van der Waals surface area contributed by atoms with E-state index in [2.05, 4.69) is 29.0 Å². The molecule has 174 valence electrons. The van der Waals surface area contributed by atoms with Gasteiger partial charge in [0.05, 0.1) is 35.0 Å². The van der Waals surface area contributed by atoms with Gasteiger partial charge in [0, 0.05) is 35.9 Å². The fourth-order valence-corrected chi connectivity index (χ4v) is 4.60. The second-order valence-electron chi connectivity index (χ2n) is 8.64. The van der Waals surface area contributed by atoms with Gasteiger partial charge in [0.15, 0.2) is 0 Å². The van der Waals surface area contributed by atoms with Crippen LogP contribution >= 0.6 is 11.6 Å². The van der Waals surface area contributed by atoms with E-state index < -0.39 is 0 Å². The molecule has 8 heteroatoms. The lowest BCUT2D eigenvalue weighted by atomic mass is 10.1. The third-order valence-corrected chi connectivity index (χ3v) is 6.05. The van der Waals surface area contributed by atoms with Crippen LogP contribution in [0.5, 0.6) is 0 Å². The highest BCUT2D eigenvalue weighted by Gasteiger charge is 2.23. The quantitative estimate of drug-likeness (QED) is 0.390. The van der Waals surface area contributed by atoms with Crippen molar-refractivity contribution >= 4 is 34.0 Å². The summed E-state index contributed by atoms with van der Waals surface area (Å²) in [6.07, 6.45) is 2.02.